The number of rotatable bonds is 4. The summed E-state index contributed by atoms with van der Waals surface area (Å²) in [4.78, 5) is 19.3. The van der Waals surface area contributed by atoms with Crippen molar-refractivity contribution < 1.29 is 9.53 Å². The normalized spacial score (nSPS) is 22.9. The quantitative estimate of drug-likeness (QED) is 0.716. The van der Waals surface area contributed by atoms with Crippen LogP contribution in [0.25, 0.3) is 0 Å². The summed E-state index contributed by atoms with van der Waals surface area (Å²) in [6, 6.07) is 9.23. The molecule has 0 atom stereocenters. The number of hydrogen-bond donors (Lipinski definition) is 0. The van der Waals surface area contributed by atoms with Crippen LogP contribution in [0, 0.1) is 5.41 Å². The Balaban J connectivity index is 1.38. The molecule has 1 aliphatic carbocycles. The minimum absolute atomic E-state index is 0.189. The molecular formula is C25H39N3O2. The summed E-state index contributed by atoms with van der Waals surface area (Å²) in [5.41, 5.74) is 3.52. The van der Waals surface area contributed by atoms with Crippen molar-refractivity contribution in [1.82, 2.24) is 9.80 Å². The Morgan fingerprint density at radius 1 is 0.933 bits per heavy atom. The van der Waals surface area contributed by atoms with Gasteiger partial charge in [0.15, 0.2) is 0 Å². The van der Waals surface area contributed by atoms with Gasteiger partial charge in [-0.1, -0.05) is 44.9 Å². The zero-order valence-corrected chi connectivity index (χ0v) is 18.9. The fourth-order valence-electron chi connectivity index (χ4n) is 5.71. The van der Waals surface area contributed by atoms with Gasteiger partial charge in [0.05, 0.1) is 13.2 Å². The van der Waals surface area contributed by atoms with E-state index in [9.17, 15) is 4.79 Å². The van der Waals surface area contributed by atoms with E-state index in [1.165, 1.54) is 49.8 Å². The lowest BCUT2D eigenvalue weighted by molar-refractivity contribution is 0.0428. The molecule has 1 aromatic carbocycles. The van der Waals surface area contributed by atoms with Crippen LogP contribution < -0.4 is 4.90 Å². The van der Waals surface area contributed by atoms with Crippen LogP contribution in [0.5, 0.6) is 0 Å². The van der Waals surface area contributed by atoms with Crippen molar-refractivity contribution >= 4 is 11.7 Å². The predicted octanol–water partition coefficient (Wildman–Crippen LogP) is 4.72. The Morgan fingerprint density at radius 3 is 2.17 bits per heavy atom. The summed E-state index contributed by atoms with van der Waals surface area (Å²) < 4.78 is 5.39. The average molecular weight is 414 g/mol. The molecule has 2 aliphatic heterocycles. The third-order valence-electron chi connectivity index (χ3n) is 8.10. The smallest absolute Gasteiger partial charge is 0.320 e. The zero-order valence-electron chi connectivity index (χ0n) is 18.9. The number of morpholine rings is 1. The first kappa shape index (κ1) is 21.5. The van der Waals surface area contributed by atoms with Gasteiger partial charge >= 0.3 is 6.03 Å². The number of urea groups is 1. The van der Waals surface area contributed by atoms with Crippen LogP contribution in [0.3, 0.4) is 0 Å². The number of nitrogens with zero attached hydrogens (tertiary/aromatic N) is 3. The van der Waals surface area contributed by atoms with Crippen LogP contribution in [-0.4, -0.2) is 68.3 Å². The molecule has 30 heavy (non-hydrogen) atoms. The molecule has 2 amide bonds. The van der Waals surface area contributed by atoms with Gasteiger partial charge in [0.2, 0.25) is 0 Å². The number of carbonyl (C=O) groups is 1. The summed E-state index contributed by atoms with van der Waals surface area (Å²) in [5, 5.41) is 0. The largest absolute Gasteiger partial charge is 0.378 e. The van der Waals surface area contributed by atoms with Crippen molar-refractivity contribution in [3.8, 4) is 0 Å². The lowest BCUT2D eigenvalue weighted by Crippen LogP contribution is -2.55. The minimum Gasteiger partial charge on any atom is -0.378 e. The van der Waals surface area contributed by atoms with E-state index in [1.54, 1.807) is 0 Å². The maximum absolute atomic E-state index is 12.8. The maximum Gasteiger partial charge on any atom is 0.320 e. The highest BCUT2D eigenvalue weighted by molar-refractivity contribution is 5.75. The Bertz CT molecular complexity index is 694. The van der Waals surface area contributed by atoms with E-state index in [2.05, 4.69) is 43.0 Å². The molecule has 3 fully saturated rings. The molecule has 0 N–H and O–H groups in total. The zero-order chi connectivity index (χ0) is 21.0. The summed E-state index contributed by atoms with van der Waals surface area (Å²) in [6.07, 6.45) is 7.98. The van der Waals surface area contributed by atoms with Crippen molar-refractivity contribution in [2.75, 3.05) is 57.4 Å². The summed E-state index contributed by atoms with van der Waals surface area (Å²) in [7, 11) is 0. The SMILES string of the molecule is CCC1(CC)CCC(c2ccccc2N2CCN(C(=O)N3CCOCC3)CC2)CC1. The van der Waals surface area contributed by atoms with Gasteiger partial charge in [-0.05, 0) is 48.6 Å². The average Bonchev–Trinajstić information content (AvgIpc) is 2.84. The lowest BCUT2D eigenvalue weighted by atomic mass is 9.66. The third-order valence-corrected chi connectivity index (χ3v) is 8.10. The molecular weight excluding hydrogens is 374 g/mol. The van der Waals surface area contributed by atoms with E-state index >= 15 is 0 Å². The number of carbonyl (C=O) groups excluding carboxylic acids is 1. The van der Waals surface area contributed by atoms with Gasteiger partial charge in [0.1, 0.15) is 0 Å². The third kappa shape index (κ3) is 4.46. The van der Waals surface area contributed by atoms with E-state index in [1.807, 2.05) is 9.80 Å². The highest BCUT2D eigenvalue weighted by Crippen LogP contribution is 2.48. The molecule has 3 aliphatic rings. The first-order valence-corrected chi connectivity index (χ1v) is 12.1. The second-order valence-corrected chi connectivity index (χ2v) is 9.40. The number of amides is 2. The van der Waals surface area contributed by atoms with Crippen LogP contribution in [0.4, 0.5) is 10.5 Å². The molecule has 4 rings (SSSR count). The first-order valence-electron chi connectivity index (χ1n) is 12.1. The molecule has 0 unspecified atom stereocenters. The van der Waals surface area contributed by atoms with E-state index in [0.717, 1.165) is 39.3 Å². The molecule has 0 spiro atoms. The van der Waals surface area contributed by atoms with Gasteiger partial charge in [0.25, 0.3) is 0 Å². The molecule has 0 bridgehead atoms. The van der Waals surface area contributed by atoms with E-state index < -0.39 is 0 Å². The molecule has 2 saturated heterocycles. The summed E-state index contributed by atoms with van der Waals surface area (Å²) >= 11 is 0. The second kappa shape index (κ2) is 9.59. The molecule has 0 radical (unpaired) electrons. The Morgan fingerprint density at radius 2 is 1.53 bits per heavy atom. The van der Waals surface area contributed by atoms with Gasteiger partial charge in [-0.25, -0.2) is 4.79 Å². The summed E-state index contributed by atoms with van der Waals surface area (Å²) in [5.74, 6) is 0.681. The number of para-hydroxylation sites is 1. The molecule has 2 heterocycles. The molecule has 5 nitrogen and oxygen atoms in total. The van der Waals surface area contributed by atoms with Crippen molar-refractivity contribution in [3.63, 3.8) is 0 Å². The van der Waals surface area contributed by atoms with Crippen LogP contribution in [0.15, 0.2) is 24.3 Å². The number of anilines is 1. The Labute approximate surface area is 182 Å². The van der Waals surface area contributed by atoms with Crippen molar-refractivity contribution in [2.45, 2.75) is 58.3 Å². The highest BCUT2D eigenvalue weighted by Gasteiger charge is 2.34. The standard InChI is InChI=1S/C25H39N3O2/c1-3-25(4-2)11-9-21(10-12-25)22-7-5-6-8-23(22)26-13-15-27(16-14-26)24(29)28-17-19-30-20-18-28/h5-8,21H,3-4,9-20H2,1-2H3. The molecule has 5 heteroatoms. The van der Waals surface area contributed by atoms with E-state index in [4.69, 9.17) is 4.74 Å². The number of ether oxygens (including phenoxy) is 1. The van der Waals surface area contributed by atoms with Crippen LogP contribution in [0.2, 0.25) is 0 Å². The molecule has 1 aromatic rings. The number of hydrogen-bond acceptors (Lipinski definition) is 3. The molecule has 1 saturated carbocycles. The lowest BCUT2D eigenvalue weighted by Gasteiger charge is -2.42. The van der Waals surface area contributed by atoms with Crippen LogP contribution in [-0.2, 0) is 4.74 Å². The predicted molar refractivity (Wildman–Crippen MR) is 122 cm³/mol. The second-order valence-electron chi connectivity index (χ2n) is 9.40. The monoisotopic (exact) mass is 413 g/mol. The van der Waals surface area contributed by atoms with Crippen LogP contribution in [0.1, 0.15) is 63.9 Å². The molecule has 166 valence electrons. The van der Waals surface area contributed by atoms with Crippen molar-refractivity contribution in [2.24, 2.45) is 5.41 Å². The maximum atomic E-state index is 12.8. The van der Waals surface area contributed by atoms with Gasteiger partial charge in [-0.15, -0.1) is 0 Å². The minimum atomic E-state index is 0.189. The fourth-order valence-corrected chi connectivity index (χ4v) is 5.71. The van der Waals surface area contributed by atoms with Gasteiger partial charge in [-0.3, -0.25) is 0 Å². The topological polar surface area (TPSA) is 36.0 Å². The Hall–Kier alpha value is -1.75. The number of piperazine rings is 1. The van der Waals surface area contributed by atoms with Gasteiger partial charge in [-0.2, -0.15) is 0 Å². The Kier molecular flexibility index (Phi) is 6.87. The number of benzene rings is 1. The highest BCUT2D eigenvalue weighted by atomic mass is 16.5. The van der Waals surface area contributed by atoms with E-state index in [0.29, 0.717) is 24.5 Å². The summed E-state index contributed by atoms with van der Waals surface area (Å²) in [6.45, 7) is 11.0. The first-order chi connectivity index (χ1) is 14.7. The molecule has 0 aromatic heterocycles. The van der Waals surface area contributed by atoms with Crippen LogP contribution >= 0.6 is 0 Å². The van der Waals surface area contributed by atoms with Crippen molar-refractivity contribution in [1.29, 1.82) is 0 Å². The van der Waals surface area contributed by atoms with Gasteiger partial charge in [0, 0.05) is 45.0 Å². The van der Waals surface area contributed by atoms with Gasteiger partial charge < -0.3 is 19.4 Å². The van der Waals surface area contributed by atoms with Crippen molar-refractivity contribution in [3.05, 3.63) is 29.8 Å². The van der Waals surface area contributed by atoms with E-state index in [-0.39, 0.29) is 6.03 Å². The fraction of sp³-hybridized carbons (Fsp3) is 0.720.